The number of aromatic nitrogens is 2. The van der Waals surface area contributed by atoms with Gasteiger partial charge in [0.05, 0.1) is 11.5 Å². The van der Waals surface area contributed by atoms with Gasteiger partial charge >= 0.3 is 0 Å². The minimum absolute atomic E-state index is 0.0880. The van der Waals surface area contributed by atoms with Crippen molar-refractivity contribution in [2.45, 2.75) is 20.4 Å². The van der Waals surface area contributed by atoms with Gasteiger partial charge in [-0.2, -0.15) is 4.98 Å². The number of nitro groups is 1. The molecule has 0 unspecified atom stereocenters. The Kier molecular flexibility index (Phi) is 3.46. The van der Waals surface area contributed by atoms with Gasteiger partial charge in [0.15, 0.2) is 5.82 Å². The van der Waals surface area contributed by atoms with Gasteiger partial charge in [0.2, 0.25) is 5.89 Å². The minimum Gasteiger partial charge on any atom is -0.367 e. The fraction of sp³-hybridized carbons (Fsp3) is 0.333. The van der Waals surface area contributed by atoms with Crippen LogP contribution < -0.4 is 4.90 Å². The maximum absolute atomic E-state index is 10.7. The molecular weight excluding hydrogens is 248 g/mol. The second-order valence-electron chi connectivity index (χ2n) is 4.31. The second-order valence-corrected chi connectivity index (χ2v) is 4.31. The van der Waals surface area contributed by atoms with Gasteiger partial charge in [-0.1, -0.05) is 5.16 Å². The molecule has 1 aromatic heterocycles. The molecule has 0 amide bonds. The zero-order valence-electron chi connectivity index (χ0n) is 11.0. The molecule has 1 aromatic carbocycles. The van der Waals surface area contributed by atoms with E-state index in [0.717, 1.165) is 11.3 Å². The lowest BCUT2D eigenvalue weighted by Gasteiger charge is -2.19. The minimum atomic E-state index is -0.403. The topological polar surface area (TPSA) is 85.3 Å². The Balaban J connectivity index is 2.19. The van der Waals surface area contributed by atoms with E-state index < -0.39 is 4.92 Å². The molecule has 0 bridgehead atoms. The van der Waals surface area contributed by atoms with Crippen LogP contribution >= 0.6 is 0 Å². The van der Waals surface area contributed by atoms with Crippen molar-refractivity contribution in [1.82, 2.24) is 10.1 Å². The zero-order chi connectivity index (χ0) is 14.0. The van der Waals surface area contributed by atoms with Crippen LogP contribution in [0.2, 0.25) is 0 Å². The summed E-state index contributed by atoms with van der Waals surface area (Å²) >= 11 is 0. The van der Waals surface area contributed by atoms with Crippen LogP contribution in [0.1, 0.15) is 17.3 Å². The molecule has 0 radical (unpaired) electrons. The van der Waals surface area contributed by atoms with E-state index in [1.165, 1.54) is 6.07 Å². The van der Waals surface area contributed by atoms with Gasteiger partial charge in [-0.3, -0.25) is 10.1 Å². The van der Waals surface area contributed by atoms with Crippen molar-refractivity contribution in [3.8, 4) is 0 Å². The van der Waals surface area contributed by atoms with Gasteiger partial charge < -0.3 is 9.42 Å². The third-order valence-electron chi connectivity index (χ3n) is 2.75. The van der Waals surface area contributed by atoms with Crippen molar-refractivity contribution in [2.75, 3.05) is 11.9 Å². The number of nitro benzene ring substituents is 1. The quantitative estimate of drug-likeness (QED) is 0.620. The zero-order valence-corrected chi connectivity index (χ0v) is 11.0. The maximum atomic E-state index is 10.7. The van der Waals surface area contributed by atoms with Crippen LogP contribution in [0.15, 0.2) is 22.7 Å². The Bertz CT molecular complexity index is 609. The summed E-state index contributed by atoms with van der Waals surface area (Å²) in [4.78, 5) is 16.3. The Morgan fingerprint density at radius 3 is 2.68 bits per heavy atom. The molecule has 0 saturated heterocycles. The van der Waals surface area contributed by atoms with Crippen LogP contribution in [-0.4, -0.2) is 22.1 Å². The highest BCUT2D eigenvalue weighted by Crippen LogP contribution is 2.24. The van der Waals surface area contributed by atoms with E-state index in [2.05, 4.69) is 10.1 Å². The third-order valence-corrected chi connectivity index (χ3v) is 2.75. The summed E-state index contributed by atoms with van der Waals surface area (Å²) in [5.74, 6) is 1.10. The lowest BCUT2D eigenvalue weighted by molar-refractivity contribution is -0.384. The Morgan fingerprint density at radius 2 is 2.16 bits per heavy atom. The number of nitrogens with zero attached hydrogens (tertiary/aromatic N) is 4. The summed E-state index contributed by atoms with van der Waals surface area (Å²) in [6.45, 7) is 4.05. The molecule has 2 aromatic rings. The van der Waals surface area contributed by atoms with E-state index >= 15 is 0 Å². The number of hydrogen-bond donors (Lipinski definition) is 0. The fourth-order valence-corrected chi connectivity index (χ4v) is 1.88. The first-order valence-electron chi connectivity index (χ1n) is 5.72. The fourth-order valence-electron chi connectivity index (χ4n) is 1.88. The van der Waals surface area contributed by atoms with E-state index in [0.29, 0.717) is 18.3 Å². The van der Waals surface area contributed by atoms with Crippen molar-refractivity contribution in [3.63, 3.8) is 0 Å². The summed E-state index contributed by atoms with van der Waals surface area (Å²) in [5.41, 5.74) is 1.81. The molecule has 100 valence electrons. The number of anilines is 1. The lowest BCUT2D eigenvalue weighted by Crippen LogP contribution is -2.18. The molecule has 2 rings (SSSR count). The predicted molar refractivity (Wildman–Crippen MR) is 69.0 cm³/mol. The molecular formula is C12H14N4O3. The number of benzene rings is 1. The number of hydrogen-bond acceptors (Lipinski definition) is 6. The summed E-state index contributed by atoms with van der Waals surface area (Å²) < 4.78 is 4.90. The highest BCUT2D eigenvalue weighted by atomic mass is 16.6. The summed E-state index contributed by atoms with van der Waals surface area (Å²) in [5, 5.41) is 14.5. The van der Waals surface area contributed by atoms with Crippen molar-refractivity contribution < 1.29 is 9.45 Å². The third kappa shape index (κ3) is 2.87. The van der Waals surface area contributed by atoms with Gasteiger partial charge in [0.25, 0.3) is 5.69 Å². The molecule has 0 aliphatic heterocycles. The summed E-state index contributed by atoms with van der Waals surface area (Å²) in [6.07, 6.45) is 0. The molecule has 0 atom stereocenters. The maximum Gasteiger partial charge on any atom is 0.269 e. The van der Waals surface area contributed by atoms with Crippen LogP contribution in [0.25, 0.3) is 0 Å². The van der Waals surface area contributed by atoms with Crippen LogP contribution in [0, 0.1) is 24.0 Å². The Hall–Kier alpha value is -2.44. The highest BCUT2D eigenvalue weighted by molar-refractivity contribution is 5.56. The van der Waals surface area contributed by atoms with Crippen molar-refractivity contribution in [2.24, 2.45) is 0 Å². The van der Waals surface area contributed by atoms with E-state index in [1.807, 2.05) is 18.9 Å². The van der Waals surface area contributed by atoms with Crippen molar-refractivity contribution in [3.05, 3.63) is 45.6 Å². The number of non-ortho nitro benzene ring substituents is 1. The Morgan fingerprint density at radius 1 is 1.42 bits per heavy atom. The molecule has 0 fully saturated rings. The predicted octanol–water partition coefficient (Wildman–Crippen LogP) is 2.23. The number of aryl methyl sites for hydroxylation is 2. The molecule has 0 aliphatic carbocycles. The van der Waals surface area contributed by atoms with Gasteiger partial charge in [-0.25, -0.2) is 0 Å². The molecule has 0 saturated carbocycles. The van der Waals surface area contributed by atoms with Crippen LogP contribution in [-0.2, 0) is 6.54 Å². The average Bonchev–Trinajstić information content (AvgIpc) is 2.74. The summed E-state index contributed by atoms with van der Waals surface area (Å²) in [6, 6.07) is 4.76. The van der Waals surface area contributed by atoms with Gasteiger partial charge in [-0.05, 0) is 18.6 Å². The first-order valence-corrected chi connectivity index (χ1v) is 5.72. The van der Waals surface area contributed by atoms with E-state index in [-0.39, 0.29) is 5.69 Å². The second kappa shape index (κ2) is 5.05. The standard InChI is InChI=1S/C12H14N4O3/c1-8-6-10(16(17)18)4-5-11(8)15(3)7-12-13-9(2)19-14-12/h4-6H,7H2,1-3H3. The lowest BCUT2D eigenvalue weighted by atomic mass is 10.1. The molecule has 0 N–H and O–H groups in total. The van der Waals surface area contributed by atoms with Crippen molar-refractivity contribution >= 4 is 11.4 Å². The average molecular weight is 262 g/mol. The normalized spacial score (nSPS) is 10.5. The molecule has 0 spiro atoms. The van der Waals surface area contributed by atoms with Gasteiger partial charge in [0, 0.05) is 31.8 Å². The van der Waals surface area contributed by atoms with Gasteiger partial charge in [-0.15, -0.1) is 0 Å². The monoisotopic (exact) mass is 262 g/mol. The van der Waals surface area contributed by atoms with E-state index in [1.54, 1.807) is 19.1 Å². The summed E-state index contributed by atoms with van der Waals surface area (Å²) in [7, 11) is 1.87. The largest absolute Gasteiger partial charge is 0.367 e. The highest BCUT2D eigenvalue weighted by Gasteiger charge is 2.12. The van der Waals surface area contributed by atoms with Gasteiger partial charge in [0.1, 0.15) is 0 Å². The smallest absolute Gasteiger partial charge is 0.269 e. The van der Waals surface area contributed by atoms with Crippen LogP contribution in [0.4, 0.5) is 11.4 Å². The Labute approximate surface area is 110 Å². The SMILES string of the molecule is Cc1nc(CN(C)c2ccc([N+](=O)[O-])cc2C)no1. The van der Waals surface area contributed by atoms with Crippen LogP contribution in [0.3, 0.4) is 0 Å². The first kappa shape index (κ1) is 13.0. The molecule has 0 aliphatic rings. The molecule has 1 heterocycles. The molecule has 19 heavy (non-hydrogen) atoms. The molecule has 7 heteroatoms. The first-order chi connectivity index (χ1) is 8.97. The van der Waals surface area contributed by atoms with E-state index in [4.69, 9.17) is 4.52 Å². The van der Waals surface area contributed by atoms with E-state index in [9.17, 15) is 10.1 Å². The number of rotatable bonds is 4. The molecule has 7 nitrogen and oxygen atoms in total. The van der Waals surface area contributed by atoms with Crippen molar-refractivity contribution in [1.29, 1.82) is 0 Å². The van der Waals surface area contributed by atoms with Crippen LogP contribution in [0.5, 0.6) is 0 Å².